The zero-order valence-corrected chi connectivity index (χ0v) is 10.5. The third kappa shape index (κ3) is 3.20. The van der Waals surface area contributed by atoms with E-state index in [1.807, 2.05) is 13.8 Å². The fourth-order valence-electron chi connectivity index (χ4n) is 1.05. The summed E-state index contributed by atoms with van der Waals surface area (Å²) in [6.07, 6.45) is 1.49. The Morgan fingerprint density at radius 1 is 1.60 bits per heavy atom. The molecule has 1 heterocycles. The highest BCUT2D eigenvalue weighted by atomic mass is 79.9. The molecule has 0 bridgehead atoms. The summed E-state index contributed by atoms with van der Waals surface area (Å²) in [5.41, 5.74) is 0.429. The maximum Gasteiger partial charge on any atom is 0.339 e. The number of carbonyl (C=O) groups is 1. The Balaban J connectivity index is 2.93. The lowest BCUT2D eigenvalue weighted by Crippen LogP contribution is -2.12. The molecule has 1 aromatic heterocycles. The average molecular weight is 273 g/mol. The van der Waals surface area contributed by atoms with Crippen LogP contribution in [-0.2, 0) is 4.74 Å². The van der Waals surface area contributed by atoms with E-state index in [0.717, 1.165) is 10.3 Å². The van der Waals surface area contributed by atoms with Crippen molar-refractivity contribution >= 4 is 27.7 Å². The molecule has 0 spiro atoms. The fraction of sp³-hybridized carbons (Fsp3) is 0.400. The molecule has 0 unspecified atom stereocenters. The third-order valence-electron chi connectivity index (χ3n) is 1.69. The van der Waals surface area contributed by atoms with Crippen LogP contribution in [0, 0.1) is 0 Å². The van der Waals surface area contributed by atoms with E-state index in [0.29, 0.717) is 5.56 Å². The van der Waals surface area contributed by atoms with Gasteiger partial charge >= 0.3 is 5.97 Å². The Bertz CT molecular complexity index is 366. The summed E-state index contributed by atoms with van der Waals surface area (Å²) in [6, 6.07) is 1.97. The predicted molar refractivity (Wildman–Crippen MR) is 62.0 cm³/mol. The van der Waals surface area contributed by atoms with Crippen molar-refractivity contribution in [3.8, 4) is 0 Å². The van der Waals surface area contributed by atoms with Crippen molar-refractivity contribution in [3.63, 3.8) is 0 Å². The molecule has 0 saturated carbocycles. The zero-order chi connectivity index (χ0) is 11.4. The summed E-state index contributed by atoms with van der Waals surface area (Å²) in [4.78, 5) is 15.3. The summed E-state index contributed by atoms with van der Waals surface area (Å²) in [5, 5.41) is 3.15. The van der Waals surface area contributed by atoms with Crippen LogP contribution in [-0.4, -0.2) is 24.1 Å². The van der Waals surface area contributed by atoms with Crippen molar-refractivity contribution in [2.75, 3.05) is 12.4 Å². The van der Waals surface area contributed by atoms with Crippen molar-refractivity contribution in [1.29, 1.82) is 0 Å². The van der Waals surface area contributed by atoms with Crippen molar-refractivity contribution < 1.29 is 9.53 Å². The first-order valence-electron chi connectivity index (χ1n) is 4.55. The smallest absolute Gasteiger partial charge is 0.339 e. The van der Waals surface area contributed by atoms with Gasteiger partial charge in [0, 0.05) is 12.2 Å². The van der Waals surface area contributed by atoms with Gasteiger partial charge in [-0.1, -0.05) is 0 Å². The van der Waals surface area contributed by atoms with E-state index in [1.165, 1.54) is 13.3 Å². The number of halogens is 1. The van der Waals surface area contributed by atoms with Crippen LogP contribution in [0.1, 0.15) is 24.2 Å². The number of pyridine rings is 1. The molecule has 0 atom stereocenters. The van der Waals surface area contributed by atoms with E-state index < -0.39 is 0 Å². The molecule has 5 heteroatoms. The predicted octanol–water partition coefficient (Wildman–Crippen LogP) is 2.45. The first-order valence-corrected chi connectivity index (χ1v) is 5.34. The molecule has 1 aromatic rings. The minimum atomic E-state index is -0.390. The first kappa shape index (κ1) is 12.0. The largest absolute Gasteiger partial charge is 0.465 e. The molecular formula is C10H13BrN2O2. The highest BCUT2D eigenvalue weighted by molar-refractivity contribution is 9.10. The molecule has 1 N–H and O–H groups in total. The number of methoxy groups -OCH3 is 1. The van der Waals surface area contributed by atoms with Gasteiger partial charge in [-0.15, -0.1) is 0 Å². The number of esters is 1. The maximum atomic E-state index is 11.2. The van der Waals surface area contributed by atoms with Crippen molar-refractivity contribution in [3.05, 3.63) is 22.3 Å². The van der Waals surface area contributed by atoms with E-state index >= 15 is 0 Å². The van der Waals surface area contributed by atoms with Crippen molar-refractivity contribution in [2.45, 2.75) is 19.9 Å². The number of anilines is 1. The molecule has 0 aliphatic heterocycles. The Hall–Kier alpha value is -1.10. The molecule has 0 aromatic carbocycles. The maximum absolute atomic E-state index is 11.2. The lowest BCUT2D eigenvalue weighted by molar-refractivity contribution is 0.0600. The van der Waals surface area contributed by atoms with E-state index in [-0.39, 0.29) is 12.0 Å². The fourth-order valence-corrected chi connectivity index (χ4v) is 1.51. The second-order valence-corrected chi connectivity index (χ2v) is 4.20. The van der Waals surface area contributed by atoms with Gasteiger partial charge in [-0.25, -0.2) is 9.78 Å². The Morgan fingerprint density at radius 2 is 2.27 bits per heavy atom. The average Bonchev–Trinajstić information content (AvgIpc) is 2.19. The van der Waals surface area contributed by atoms with Gasteiger partial charge in [0.1, 0.15) is 5.82 Å². The summed E-state index contributed by atoms with van der Waals surface area (Å²) >= 11 is 3.34. The molecular weight excluding hydrogens is 260 g/mol. The highest BCUT2D eigenvalue weighted by Gasteiger charge is 2.09. The highest BCUT2D eigenvalue weighted by Crippen LogP contribution is 2.21. The quantitative estimate of drug-likeness (QED) is 0.859. The number of aromatic nitrogens is 1. The standard InChI is InChI=1S/C10H13BrN2O2/c1-6(2)13-9-8(11)4-7(5-12-9)10(14)15-3/h4-6H,1-3H3,(H,12,13). The summed E-state index contributed by atoms with van der Waals surface area (Å²) in [5.74, 6) is 0.331. The lowest BCUT2D eigenvalue weighted by Gasteiger charge is -2.11. The van der Waals surface area contributed by atoms with E-state index in [1.54, 1.807) is 6.07 Å². The molecule has 0 aliphatic carbocycles. The van der Waals surface area contributed by atoms with Gasteiger partial charge in [0.15, 0.2) is 0 Å². The molecule has 4 nitrogen and oxygen atoms in total. The number of nitrogens with zero attached hydrogens (tertiary/aromatic N) is 1. The van der Waals surface area contributed by atoms with Crippen molar-refractivity contribution in [1.82, 2.24) is 4.98 Å². The Labute approximate surface area is 97.2 Å². The molecule has 82 valence electrons. The summed E-state index contributed by atoms with van der Waals surface area (Å²) < 4.78 is 5.34. The molecule has 1 rings (SSSR count). The second-order valence-electron chi connectivity index (χ2n) is 3.35. The van der Waals surface area contributed by atoms with Crippen LogP contribution in [0.25, 0.3) is 0 Å². The van der Waals surface area contributed by atoms with Crippen molar-refractivity contribution in [2.24, 2.45) is 0 Å². The van der Waals surface area contributed by atoms with E-state index in [4.69, 9.17) is 0 Å². The van der Waals surface area contributed by atoms with Gasteiger partial charge < -0.3 is 10.1 Å². The van der Waals surface area contributed by atoms with E-state index in [9.17, 15) is 4.79 Å². The monoisotopic (exact) mass is 272 g/mol. The molecule has 0 saturated heterocycles. The molecule has 0 radical (unpaired) electrons. The van der Waals surface area contributed by atoms with Crippen LogP contribution < -0.4 is 5.32 Å². The minimum Gasteiger partial charge on any atom is -0.465 e. The molecule has 15 heavy (non-hydrogen) atoms. The zero-order valence-electron chi connectivity index (χ0n) is 8.87. The van der Waals surface area contributed by atoms with Gasteiger partial charge in [-0.2, -0.15) is 0 Å². The minimum absolute atomic E-state index is 0.290. The Morgan fingerprint density at radius 3 is 2.73 bits per heavy atom. The van der Waals surface area contributed by atoms with Crippen LogP contribution in [0.4, 0.5) is 5.82 Å². The van der Waals surface area contributed by atoms with Gasteiger partial charge in [0.25, 0.3) is 0 Å². The topological polar surface area (TPSA) is 51.2 Å². The molecule has 0 aliphatic rings. The number of hydrogen-bond donors (Lipinski definition) is 1. The molecule has 0 amide bonds. The SMILES string of the molecule is COC(=O)c1cnc(NC(C)C)c(Br)c1. The van der Waals surface area contributed by atoms with Gasteiger partial charge in [0.05, 0.1) is 17.1 Å². The summed E-state index contributed by atoms with van der Waals surface area (Å²) in [7, 11) is 1.34. The normalized spacial score (nSPS) is 10.2. The van der Waals surface area contributed by atoms with Crippen LogP contribution in [0.5, 0.6) is 0 Å². The van der Waals surface area contributed by atoms with Gasteiger partial charge in [-0.3, -0.25) is 0 Å². The summed E-state index contributed by atoms with van der Waals surface area (Å²) in [6.45, 7) is 4.03. The third-order valence-corrected chi connectivity index (χ3v) is 2.29. The van der Waals surface area contributed by atoms with Crippen LogP contribution >= 0.6 is 15.9 Å². The lowest BCUT2D eigenvalue weighted by atomic mass is 10.3. The Kier molecular flexibility index (Phi) is 4.08. The second kappa shape index (κ2) is 5.11. The van der Waals surface area contributed by atoms with E-state index in [2.05, 4.69) is 31.0 Å². The number of ether oxygens (including phenoxy) is 1. The first-order chi connectivity index (χ1) is 7.04. The van der Waals surface area contributed by atoms with Gasteiger partial charge in [-0.05, 0) is 35.8 Å². The number of rotatable bonds is 3. The van der Waals surface area contributed by atoms with Crippen LogP contribution in [0.15, 0.2) is 16.7 Å². The number of nitrogens with one attached hydrogen (secondary N) is 1. The number of hydrogen-bond acceptors (Lipinski definition) is 4. The van der Waals surface area contributed by atoms with Crippen LogP contribution in [0.3, 0.4) is 0 Å². The van der Waals surface area contributed by atoms with Crippen LogP contribution in [0.2, 0.25) is 0 Å². The molecule has 0 fully saturated rings. The number of carbonyl (C=O) groups excluding carboxylic acids is 1. The van der Waals surface area contributed by atoms with Gasteiger partial charge in [0.2, 0.25) is 0 Å².